The van der Waals surface area contributed by atoms with Gasteiger partial charge in [0.25, 0.3) is 5.69 Å². The fourth-order valence-corrected chi connectivity index (χ4v) is 2.65. The zero-order chi connectivity index (χ0) is 19.3. The Bertz CT molecular complexity index is 822. The summed E-state index contributed by atoms with van der Waals surface area (Å²) in [7, 11) is 0. The molecule has 0 fully saturated rings. The van der Waals surface area contributed by atoms with Crippen LogP contribution in [0.25, 0.3) is 0 Å². The average Bonchev–Trinajstić information content (AvgIpc) is 3.11. The van der Waals surface area contributed by atoms with Crippen LogP contribution in [0.1, 0.15) is 28.1 Å². The Morgan fingerprint density at radius 3 is 2.50 bits per heavy atom. The van der Waals surface area contributed by atoms with Crippen LogP contribution < -0.4 is 10.9 Å². The molecular weight excluding hydrogens is 375 g/mol. The van der Waals surface area contributed by atoms with Crippen LogP contribution >= 0.6 is 11.3 Å². The third-order valence-electron chi connectivity index (χ3n) is 3.23. The van der Waals surface area contributed by atoms with E-state index in [-0.39, 0.29) is 24.3 Å². The Hall–Kier alpha value is -2.95. The zero-order valence-corrected chi connectivity index (χ0v) is 13.8. The normalized spacial score (nSPS) is 11.0. The molecule has 0 aliphatic rings. The second-order valence-corrected chi connectivity index (χ2v) is 6.01. The number of nitro groups is 1. The topological polar surface area (TPSA) is 101 Å². The van der Waals surface area contributed by atoms with E-state index < -0.39 is 28.3 Å². The molecule has 7 nitrogen and oxygen atoms in total. The minimum absolute atomic E-state index is 0.0663. The fourth-order valence-electron chi connectivity index (χ4n) is 1.95. The number of nitro benzene ring substituents is 1. The molecule has 2 aromatic rings. The predicted molar refractivity (Wildman–Crippen MR) is 87.7 cm³/mol. The Morgan fingerprint density at radius 2 is 1.92 bits per heavy atom. The zero-order valence-electron chi connectivity index (χ0n) is 13.0. The predicted octanol–water partition coefficient (Wildman–Crippen LogP) is 3.78. The first-order chi connectivity index (χ1) is 12.2. The summed E-state index contributed by atoms with van der Waals surface area (Å²) in [6.07, 6.45) is -4.98. The largest absolute Gasteiger partial charge is 0.416 e. The van der Waals surface area contributed by atoms with E-state index in [0.29, 0.717) is 17.0 Å². The molecule has 0 saturated heterocycles. The number of alkyl halides is 3. The summed E-state index contributed by atoms with van der Waals surface area (Å²) in [5.41, 5.74) is 2.02. The first-order valence-corrected chi connectivity index (χ1v) is 8.03. The Labute approximate surface area is 148 Å². The molecule has 1 aromatic heterocycles. The van der Waals surface area contributed by atoms with Crippen LogP contribution in [0, 0.1) is 10.1 Å². The number of rotatable bonds is 7. The summed E-state index contributed by atoms with van der Waals surface area (Å²) < 4.78 is 37.9. The highest BCUT2D eigenvalue weighted by Gasteiger charge is 2.33. The van der Waals surface area contributed by atoms with Crippen LogP contribution in [-0.4, -0.2) is 16.6 Å². The summed E-state index contributed by atoms with van der Waals surface area (Å²) >= 11 is 1.24. The summed E-state index contributed by atoms with van der Waals surface area (Å²) in [6.45, 7) is 0. The van der Waals surface area contributed by atoms with E-state index in [9.17, 15) is 32.9 Å². The van der Waals surface area contributed by atoms with E-state index in [2.05, 4.69) is 10.9 Å². The van der Waals surface area contributed by atoms with Gasteiger partial charge in [0.2, 0.25) is 5.91 Å². The maximum Gasteiger partial charge on any atom is 0.416 e. The van der Waals surface area contributed by atoms with Gasteiger partial charge in [-0.15, -0.1) is 11.3 Å². The molecule has 11 heteroatoms. The number of thiophene rings is 1. The van der Waals surface area contributed by atoms with Gasteiger partial charge in [0.1, 0.15) is 5.69 Å². The number of hydrazine groups is 1. The van der Waals surface area contributed by atoms with Gasteiger partial charge in [-0.25, -0.2) is 0 Å². The van der Waals surface area contributed by atoms with E-state index in [1.807, 2.05) is 0 Å². The maximum atomic E-state index is 12.6. The van der Waals surface area contributed by atoms with E-state index in [4.69, 9.17) is 0 Å². The molecule has 2 N–H and O–H groups in total. The Kier molecular flexibility index (Phi) is 5.93. The van der Waals surface area contributed by atoms with Crippen LogP contribution in [-0.2, 0) is 11.0 Å². The van der Waals surface area contributed by atoms with Crippen molar-refractivity contribution in [2.75, 3.05) is 5.43 Å². The first-order valence-electron chi connectivity index (χ1n) is 7.15. The van der Waals surface area contributed by atoms with Crippen molar-refractivity contribution in [1.29, 1.82) is 0 Å². The van der Waals surface area contributed by atoms with Crippen molar-refractivity contribution in [3.05, 3.63) is 56.3 Å². The number of nitrogens with one attached hydrogen (secondary N) is 2. The second-order valence-electron chi connectivity index (χ2n) is 5.06. The maximum absolute atomic E-state index is 12.6. The number of nitrogens with zero attached hydrogens (tertiary/aromatic N) is 1. The van der Waals surface area contributed by atoms with Crippen molar-refractivity contribution in [1.82, 2.24) is 5.43 Å². The highest BCUT2D eigenvalue weighted by atomic mass is 32.1. The van der Waals surface area contributed by atoms with Crippen molar-refractivity contribution in [3.8, 4) is 0 Å². The fraction of sp³-hybridized carbons (Fsp3) is 0.200. The number of halogens is 3. The number of hydrogen-bond acceptors (Lipinski definition) is 6. The Morgan fingerprint density at radius 1 is 1.19 bits per heavy atom. The number of amides is 1. The highest BCUT2D eigenvalue weighted by molar-refractivity contribution is 7.12. The molecule has 0 aliphatic carbocycles. The minimum atomic E-state index is -4.73. The van der Waals surface area contributed by atoms with Crippen molar-refractivity contribution >= 4 is 34.4 Å². The summed E-state index contributed by atoms with van der Waals surface area (Å²) in [4.78, 5) is 33.9. The Balaban J connectivity index is 1.96. The molecule has 0 aliphatic heterocycles. The molecule has 0 atom stereocenters. The highest BCUT2D eigenvalue weighted by Crippen LogP contribution is 2.34. The number of carbonyl (C=O) groups excluding carboxylic acids is 2. The van der Waals surface area contributed by atoms with Gasteiger partial charge in [-0.3, -0.25) is 30.6 Å². The molecule has 0 radical (unpaired) electrons. The van der Waals surface area contributed by atoms with Crippen LogP contribution in [0.3, 0.4) is 0 Å². The number of benzene rings is 1. The lowest BCUT2D eigenvalue weighted by Gasteiger charge is -2.11. The van der Waals surface area contributed by atoms with Gasteiger partial charge >= 0.3 is 6.18 Å². The van der Waals surface area contributed by atoms with Gasteiger partial charge < -0.3 is 0 Å². The smallest absolute Gasteiger partial charge is 0.293 e. The SMILES string of the molecule is O=C(CCC(=O)c1cccs1)NNc1ccc(C(F)(F)F)cc1[N+](=O)[O-]. The summed E-state index contributed by atoms with van der Waals surface area (Å²) in [5, 5.41) is 12.7. The van der Waals surface area contributed by atoms with Gasteiger partial charge in [0.15, 0.2) is 5.78 Å². The van der Waals surface area contributed by atoms with Gasteiger partial charge in [-0.1, -0.05) is 6.07 Å². The van der Waals surface area contributed by atoms with Gasteiger partial charge in [0, 0.05) is 18.9 Å². The molecule has 2 rings (SSSR count). The van der Waals surface area contributed by atoms with Gasteiger partial charge in [-0.05, 0) is 23.6 Å². The molecule has 0 bridgehead atoms. The number of Topliss-reactive ketones (excluding diaryl/α,β-unsaturated/α-hetero) is 1. The number of ketones is 1. The molecule has 26 heavy (non-hydrogen) atoms. The first kappa shape index (κ1) is 19.4. The molecule has 0 saturated carbocycles. The second kappa shape index (κ2) is 7.95. The molecule has 1 heterocycles. The monoisotopic (exact) mass is 387 g/mol. The number of hydrogen-bond donors (Lipinski definition) is 2. The third-order valence-corrected chi connectivity index (χ3v) is 4.14. The van der Waals surface area contributed by atoms with E-state index >= 15 is 0 Å². The molecule has 0 unspecified atom stereocenters. The lowest BCUT2D eigenvalue weighted by Crippen LogP contribution is -2.30. The van der Waals surface area contributed by atoms with E-state index in [0.717, 1.165) is 6.07 Å². The molecular formula is C15H12F3N3O4S. The standard InChI is InChI=1S/C15H12F3N3O4S/c16-15(17,18)9-3-4-10(11(8-9)21(24)25)19-20-14(23)6-5-12(22)13-2-1-7-26-13/h1-4,7-8,19H,5-6H2,(H,20,23). The van der Waals surface area contributed by atoms with Crippen molar-refractivity contribution < 1.29 is 27.7 Å². The lowest BCUT2D eigenvalue weighted by molar-refractivity contribution is -0.384. The summed E-state index contributed by atoms with van der Waals surface area (Å²) in [5.74, 6) is -0.861. The van der Waals surface area contributed by atoms with Crippen molar-refractivity contribution in [3.63, 3.8) is 0 Å². The molecule has 1 amide bonds. The lowest BCUT2D eigenvalue weighted by atomic mass is 10.1. The van der Waals surface area contributed by atoms with Crippen LogP contribution in [0.4, 0.5) is 24.5 Å². The molecule has 1 aromatic carbocycles. The average molecular weight is 387 g/mol. The van der Waals surface area contributed by atoms with E-state index in [1.165, 1.54) is 11.3 Å². The molecule has 138 valence electrons. The quantitative estimate of drug-likeness (QED) is 0.428. The third kappa shape index (κ3) is 5.02. The number of anilines is 1. The van der Waals surface area contributed by atoms with E-state index in [1.54, 1.807) is 17.5 Å². The van der Waals surface area contributed by atoms with Crippen LogP contribution in [0.2, 0.25) is 0 Å². The molecule has 0 spiro atoms. The number of carbonyl (C=O) groups is 2. The van der Waals surface area contributed by atoms with Crippen LogP contribution in [0.5, 0.6) is 0 Å². The van der Waals surface area contributed by atoms with Gasteiger partial charge in [-0.2, -0.15) is 13.2 Å². The van der Waals surface area contributed by atoms with Crippen LogP contribution in [0.15, 0.2) is 35.7 Å². The van der Waals surface area contributed by atoms with Crippen molar-refractivity contribution in [2.24, 2.45) is 0 Å². The minimum Gasteiger partial charge on any atom is -0.293 e. The summed E-state index contributed by atoms with van der Waals surface area (Å²) in [6, 6.07) is 5.19. The van der Waals surface area contributed by atoms with Gasteiger partial charge in [0.05, 0.1) is 15.4 Å². The van der Waals surface area contributed by atoms with Crippen molar-refractivity contribution in [2.45, 2.75) is 19.0 Å².